The normalized spacial score (nSPS) is 15.6. The van der Waals surface area contributed by atoms with Gasteiger partial charge in [0, 0.05) is 12.1 Å². The Morgan fingerprint density at radius 2 is 1.80 bits per heavy atom. The van der Waals surface area contributed by atoms with Gasteiger partial charge in [-0.3, -0.25) is 0 Å². The summed E-state index contributed by atoms with van der Waals surface area (Å²) in [5, 5.41) is 0.806. The van der Waals surface area contributed by atoms with Crippen molar-refractivity contribution < 1.29 is 4.74 Å². The number of ether oxygens (including phenoxy) is 1. The van der Waals surface area contributed by atoms with Gasteiger partial charge < -0.3 is 4.74 Å². The van der Waals surface area contributed by atoms with E-state index in [4.69, 9.17) is 16.3 Å². The minimum absolute atomic E-state index is 0.617. The number of halogens is 1. The predicted molar refractivity (Wildman–Crippen MR) is 84.3 cm³/mol. The summed E-state index contributed by atoms with van der Waals surface area (Å²) in [5.74, 6) is 0. The highest BCUT2D eigenvalue weighted by Crippen LogP contribution is 2.34. The second kappa shape index (κ2) is 5.82. The fourth-order valence-electron chi connectivity index (χ4n) is 2.83. The van der Waals surface area contributed by atoms with Gasteiger partial charge in [0.1, 0.15) is 0 Å². The molecule has 0 radical (unpaired) electrons. The van der Waals surface area contributed by atoms with Crippen LogP contribution in [0.4, 0.5) is 0 Å². The van der Waals surface area contributed by atoms with Crippen molar-refractivity contribution in [3.8, 4) is 0 Å². The van der Waals surface area contributed by atoms with Gasteiger partial charge in [-0.15, -0.1) is 0 Å². The minimum atomic E-state index is 0.617. The summed E-state index contributed by atoms with van der Waals surface area (Å²) in [6, 6.07) is 14.8. The average Bonchev–Trinajstić information content (AvgIpc) is 2.62. The first kappa shape index (κ1) is 13.4. The lowest BCUT2D eigenvalue weighted by atomic mass is 9.94. The molecule has 0 N–H and O–H groups in total. The monoisotopic (exact) mass is 284 g/mol. The third-order valence-corrected chi connectivity index (χ3v) is 4.02. The second-order valence-electron chi connectivity index (χ2n) is 5.03. The summed E-state index contributed by atoms with van der Waals surface area (Å²) in [7, 11) is 1.72. The third-order valence-electron chi connectivity index (χ3n) is 3.78. The van der Waals surface area contributed by atoms with Crippen LogP contribution in [0.15, 0.2) is 48.5 Å². The quantitative estimate of drug-likeness (QED) is 0.788. The van der Waals surface area contributed by atoms with Crippen LogP contribution in [-0.2, 0) is 17.6 Å². The molecular weight excluding hydrogens is 268 g/mol. The zero-order valence-corrected chi connectivity index (χ0v) is 12.3. The van der Waals surface area contributed by atoms with E-state index >= 15 is 0 Å². The molecule has 0 fully saturated rings. The molecule has 1 nitrogen and oxygen atoms in total. The molecule has 102 valence electrons. The Bertz CT molecular complexity index is 658. The van der Waals surface area contributed by atoms with Gasteiger partial charge >= 0.3 is 0 Å². The van der Waals surface area contributed by atoms with Crippen LogP contribution in [0.2, 0.25) is 5.02 Å². The molecule has 2 aromatic rings. The van der Waals surface area contributed by atoms with Crippen LogP contribution < -0.4 is 0 Å². The van der Waals surface area contributed by atoms with Gasteiger partial charge in [0.2, 0.25) is 0 Å². The number of fused-ring (bicyclic) bond motifs is 2. The Morgan fingerprint density at radius 3 is 2.65 bits per heavy atom. The molecule has 0 heterocycles. The van der Waals surface area contributed by atoms with E-state index in [1.165, 1.54) is 27.8 Å². The fourth-order valence-corrected chi connectivity index (χ4v) is 3.03. The van der Waals surface area contributed by atoms with Crippen LogP contribution >= 0.6 is 11.6 Å². The number of rotatable bonds is 2. The van der Waals surface area contributed by atoms with Crippen molar-refractivity contribution in [2.75, 3.05) is 13.7 Å². The van der Waals surface area contributed by atoms with E-state index in [1.807, 2.05) is 6.07 Å². The summed E-state index contributed by atoms with van der Waals surface area (Å²) in [5.41, 5.74) is 6.55. The standard InChI is InChI=1S/C18H17ClO/c1-20-11-10-18-16-5-3-2-4-13(16)6-7-14-12-15(19)8-9-17(14)18/h2-5,8-10,12H,6-7,11H2,1H3/b18-10+. The summed E-state index contributed by atoms with van der Waals surface area (Å²) >= 11 is 6.15. The molecule has 0 atom stereocenters. The van der Waals surface area contributed by atoms with Crippen molar-refractivity contribution in [3.05, 3.63) is 75.8 Å². The number of methoxy groups -OCH3 is 1. The van der Waals surface area contributed by atoms with Crippen LogP contribution in [-0.4, -0.2) is 13.7 Å². The van der Waals surface area contributed by atoms with E-state index in [0.29, 0.717) is 6.61 Å². The zero-order valence-electron chi connectivity index (χ0n) is 11.5. The van der Waals surface area contributed by atoms with Crippen molar-refractivity contribution in [1.29, 1.82) is 0 Å². The van der Waals surface area contributed by atoms with E-state index in [0.717, 1.165) is 17.9 Å². The molecule has 0 aliphatic heterocycles. The van der Waals surface area contributed by atoms with Crippen molar-refractivity contribution in [1.82, 2.24) is 0 Å². The number of hydrogen-bond donors (Lipinski definition) is 0. The molecular formula is C18H17ClO. The van der Waals surface area contributed by atoms with E-state index in [-0.39, 0.29) is 0 Å². The van der Waals surface area contributed by atoms with E-state index in [2.05, 4.69) is 42.5 Å². The van der Waals surface area contributed by atoms with Crippen molar-refractivity contribution in [2.45, 2.75) is 12.8 Å². The maximum atomic E-state index is 6.15. The van der Waals surface area contributed by atoms with Gasteiger partial charge in [0.05, 0.1) is 6.61 Å². The van der Waals surface area contributed by atoms with E-state index < -0.39 is 0 Å². The lowest BCUT2D eigenvalue weighted by Gasteiger charge is -2.12. The van der Waals surface area contributed by atoms with Crippen molar-refractivity contribution in [2.24, 2.45) is 0 Å². The first-order chi connectivity index (χ1) is 9.79. The van der Waals surface area contributed by atoms with E-state index in [9.17, 15) is 0 Å². The fraction of sp³-hybridized carbons (Fsp3) is 0.222. The summed E-state index contributed by atoms with van der Waals surface area (Å²) in [6.45, 7) is 0.617. The maximum absolute atomic E-state index is 6.15. The molecule has 0 amide bonds. The van der Waals surface area contributed by atoms with Crippen LogP contribution in [0.1, 0.15) is 22.3 Å². The molecule has 0 saturated heterocycles. The zero-order chi connectivity index (χ0) is 13.9. The van der Waals surface area contributed by atoms with Crippen LogP contribution in [0, 0.1) is 0 Å². The van der Waals surface area contributed by atoms with Gasteiger partial charge in [0.15, 0.2) is 0 Å². The van der Waals surface area contributed by atoms with Gasteiger partial charge in [-0.1, -0.05) is 48.0 Å². The molecule has 0 spiro atoms. The average molecular weight is 285 g/mol. The third kappa shape index (κ3) is 2.52. The lowest BCUT2D eigenvalue weighted by molar-refractivity contribution is 0.234. The molecule has 2 heteroatoms. The Hall–Kier alpha value is -1.57. The molecule has 20 heavy (non-hydrogen) atoms. The molecule has 0 bridgehead atoms. The van der Waals surface area contributed by atoms with Gasteiger partial charge in [-0.2, -0.15) is 0 Å². The van der Waals surface area contributed by atoms with Gasteiger partial charge in [-0.05, 0) is 52.8 Å². The van der Waals surface area contributed by atoms with Crippen LogP contribution in [0.5, 0.6) is 0 Å². The molecule has 0 saturated carbocycles. The minimum Gasteiger partial charge on any atom is -0.381 e. The number of hydrogen-bond acceptors (Lipinski definition) is 1. The van der Waals surface area contributed by atoms with Gasteiger partial charge in [0.25, 0.3) is 0 Å². The molecule has 0 aromatic heterocycles. The number of aryl methyl sites for hydroxylation is 2. The second-order valence-corrected chi connectivity index (χ2v) is 5.47. The highest BCUT2D eigenvalue weighted by atomic mass is 35.5. The first-order valence-electron chi connectivity index (χ1n) is 6.86. The molecule has 2 aromatic carbocycles. The Morgan fingerprint density at radius 1 is 1.05 bits per heavy atom. The molecule has 3 rings (SSSR count). The Kier molecular flexibility index (Phi) is 3.90. The number of benzene rings is 2. The summed E-state index contributed by atoms with van der Waals surface area (Å²) in [4.78, 5) is 0. The van der Waals surface area contributed by atoms with Crippen LogP contribution in [0.25, 0.3) is 5.57 Å². The molecule has 0 unspecified atom stereocenters. The maximum Gasteiger partial charge on any atom is 0.0652 e. The summed E-state index contributed by atoms with van der Waals surface area (Å²) in [6.07, 6.45) is 4.24. The van der Waals surface area contributed by atoms with Crippen LogP contribution in [0.3, 0.4) is 0 Å². The summed E-state index contributed by atoms with van der Waals surface area (Å²) < 4.78 is 5.24. The Balaban J connectivity index is 2.19. The molecule has 1 aliphatic carbocycles. The van der Waals surface area contributed by atoms with Crippen molar-refractivity contribution in [3.63, 3.8) is 0 Å². The lowest BCUT2D eigenvalue weighted by Crippen LogP contribution is -1.94. The SMILES string of the molecule is COC/C=C1\c2ccccc2CCc2cc(Cl)ccc21. The van der Waals surface area contributed by atoms with Crippen molar-refractivity contribution >= 4 is 17.2 Å². The predicted octanol–water partition coefficient (Wildman–Crippen LogP) is 4.52. The highest BCUT2D eigenvalue weighted by Gasteiger charge is 2.17. The molecule has 1 aliphatic rings. The largest absolute Gasteiger partial charge is 0.381 e. The first-order valence-corrected chi connectivity index (χ1v) is 7.23. The topological polar surface area (TPSA) is 9.23 Å². The van der Waals surface area contributed by atoms with Gasteiger partial charge in [-0.25, -0.2) is 0 Å². The smallest absolute Gasteiger partial charge is 0.0652 e. The van der Waals surface area contributed by atoms with E-state index in [1.54, 1.807) is 7.11 Å². The highest BCUT2D eigenvalue weighted by molar-refractivity contribution is 6.30. The Labute approximate surface area is 124 Å².